The quantitative estimate of drug-likeness (QED) is 0.208. The van der Waals surface area contributed by atoms with Gasteiger partial charge in [0, 0.05) is 39.7 Å². The summed E-state index contributed by atoms with van der Waals surface area (Å²) in [6.45, 7) is 0. The van der Waals surface area contributed by atoms with Crippen molar-refractivity contribution in [3.63, 3.8) is 0 Å². The van der Waals surface area contributed by atoms with Crippen LogP contribution in [0.25, 0.3) is 55.0 Å². The molecule has 5 nitrogen and oxygen atoms in total. The van der Waals surface area contributed by atoms with Crippen molar-refractivity contribution in [2.75, 3.05) is 7.05 Å². The summed E-state index contributed by atoms with van der Waals surface area (Å²) >= 11 is 0. The fourth-order valence-corrected chi connectivity index (χ4v) is 6.54. The van der Waals surface area contributed by atoms with E-state index in [-0.39, 0.29) is 6.17 Å². The van der Waals surface area contributed by atoms with Crippen LogP contribution in [0.3, 0.4) is 0 Å². The summed E-state index contributed by atoms with van der Waals surface area (Å²) in [7, 11) is 2.06. The molecule has 0 aliphatic carbocycles. The van der Waals surface area contributed by atoms with E-state index in [0.717, 1.165) is 77.5 Å². The van der Waals surface area contributed by atoms with Crippen LogP contribution >= 0.6 is 0 Å². The van der Waals surface area contributed by atoms with Crippen LogP contribution in [0.2, 0.25) is 0 Å². The maximum Gasteiger partial charge on any atom is 0.160 e. The van der Waals surface area contributed by atoms with Gasteiger partial charge in [0.25, 0.3) is 0 Å². The summed E-state index contributed by atoms with van der Waals surface area (Å²) in [6, 6.07) is 47.8. The molecule has 0 bridgehead atoms. The van der Waals surface area contributed by atoms with Crippen molar-refractivity contribution >= 4 is 55.5 Å². The highest BCUT2D eigenvalue weighted by molar-refractivity contribution is 6.22. The van der Waals surface area contributed by atoms with Gasteiger partial charge in [0.2, 0.25) is 0 Å². The molecule has 214 valence electrons. The highest BCUT2D eigenvalue weighted by Gasteiger charge is 2.28. The summed E-state index contributed by atoms with van der Waals surface area (Å²) in [4.78, 5) is 12.7. The Labute approximate surface area is 259 Å². The van der Waals surface area contributed by atoms with Crippen LogP contribution < -0.4 is 0 Å². The summed E-state index contributed by atoms with van der Waals surface area (Å²) in [5.74, 6) is 1.53. The van der Waals surface area contributed by atoms with Crippen LogP contribution in [0, 0.1) is 0 Å². The third-order valence-electron chi connectivity index (χ3n) is 8.73. The molecule has 3 heterocycles. The number of fused-ring (bicyclic) bond motifs is 6. The van der Waals surface area contributed by atoms with Gasteiger partial charge in [0.1, 0.15) is 28.2 Å². The Bertz CT molecular complexity index is 2450. The second kappa shape index (κ2) is 10.1. The molecule has 0 spiro atoms. The van der Waals surface area contributed by atoms with Crippen LogP contribution in [0.15, 0.2) is 158 Å². The molecule has 45 heavy (non-hydrogen) atoms. The van der Waals surface area contributed by atoms with Gasteiger partial charge in [0.05, 0.1) is 0 Å². The third kappa shape index (κ3) is 4.16. The lowest BCUT2D eigenvalue weighted by atomic mass is 10.00. The zero-order chi connectivity index (χ0) is 29.9. The van der Waals surface area contributed by atoms with E-state index in [0.29, 0.717) is 5.84 Å². The maximum absolute atomic E-state index is 6.37. The first kappa shape index (κ1) is 25.5. The molecule has 0 amide bonds. The molecular formula is C40H27N3O2. The van der Waals surface area contributed by atoms with E-state index < -0.39 is 0 Å². The van der Waals surface area contributed by atoms with Crippen molar-refractivity contribution in [2.24, 2.45) is 9.98 Å². The molecule has 9 rings (SSSR count). The number of furan rings is 2. The monoisotopic (exact) mass is 581 g/mol. The van der Waals surface area contributed by atoms with Gasteiger partial charge in [-0.15, -0.1) is 0 Å². The van der Waals surface area contributed by atoms with E-state index in [9.17, 15) is 0 Å². The minimum Gasteiger partial charge on any atom is -0.456 e. The minimum atomic E-state index is -0.306. The standard InChI is InChI=1S/C40H27N3O2/c1-43-39(26-13-6-3-7-14-26)41-38(42-40(43)28-20-22-34-31(24-28)29-15-8-9-17-33(29)44-34)30-16-10-18-36-37(30)32-23-27(19-21-35(32)45-36)25-11-4-2-5-12-25/h2-24,40H,1H3. The molecule has 1 atom stereocenters. The normalized spacial score (nSPS) is 15.2. The van der Waals surface area contributed by atoms with Crippen molar-refractivity contribution in [1.29, 1.82) is 0 Å². The third-order valence-corrected chi connectivity index (χ3v) is 8.73. The number of rotatable bonds is 4. The van der Waals surface area contributed by atoms with Crippen LogP contribution in [-0.2, 0) is 0 Å². The Kier molecular flexibility index (Phi) is 5.72. The molecule has 1 aliphatic heterocycles. The van der Waals surface area contributed by atoms with E-state index in [1.807, 2.05) is 54.6 Å². The number of hydrogen-bond donors (Lipinski definition) is 0. The molecule has 0 radical (unpaired) electrons. The summed E-state index contributed by atoms with van der Waals surface area (Å²) in [5, 5.41) is 4.23. The summed E-state index contributed by atoms with van der Waals surface area (Å²) in [5.41, 5.74) is 8.73. The molecule has 5 heteroatoms. The van der Waals surface area contributed by atoms with Gasteiger partial charge in [0.15, 0.2) is 12.0 Å². The molecule has 0 N–H and O–H groups in total. The van der Waals surface area contributed by atoms with Crippen LogP contribution in [0.1, 0.15) is 22.9 Å². The highest BCUT2D eigenvalue weighted by Crippen LogP contribution is 2.38. The number of hydrogen-bond acceptors (Lipinski definition) is 5. The minimum absolute atomic E-state index is 0.306. The number of aliphatic imine (C=N–C) groups is 2. The number of para-hydroxylation sites is 1. The van der Waals surface area contributed by atoms with Crippen molar-refractivity contribution in [3.8, 4) is 11.1 Å². The molecule has 1 aliphatic rings. The topological polar surface area (TPSA) is 54.2 Å². The van der Waals surface area contributed by atoms with Gasteiger partial charge in [-0.3, -0.25) is 0 Å². The largest absolute Gasteiger partial charge is 0.456 e. The first-order chi connectivity index (χ1) is 22.2. The second-order valence-corrected chi connectivity index (χ2v) is 11.5. The first-order valence-electron chi connectivity index (χ1n) is 15.1. The lowest BCUT2D eigenvalue weighted by molar-refractivity contribution is 0.383. The Morgan fingerprint density at radius 1 is 0.533 bits per heavy atom. The zero-order valence-electron chi connectivity index (χ0n) is 24.5. The summed E-state index contributed by atoms with van der Waals surface area (Å²) in [6.07, 6.45) is -0.306. The molecule has 0 saturated carbocycles. The second-order valence-electron chi connectivity index (χ2n) is 11.5. The predicted molar refractivity (Wildman–Crippen MR) is 183 cm³/mol. The number of benzene rings is 6. The Morgan fingerprint density at radius 2 is 1.20 bits per heavy atom. The van der Waals surface area contributed by atoms with E-state index in [1.54, 1.807) is 0 Å². The highest BCUT2D eigenvalue weighted by atomic mass is 16.3. The Balaban J connectivity index is 1.26. The molecule has 1 unspecified atom stereocenters. The lowest BCUT2D eigenvalue weighted by Crippen LogP contribution is -2.35. The van der Waals surface area contributed by atoms with Gasteiger partial charge < -0.3 is 13.7 Å². The first-order valence-corrected chi connectivity index (χ1v) is 15.1. The maximum atomic E-state index is 6.37. The molecule has 2 aromatic heterocycles. The van der Waals surface area contributed by atoms with Gasteiger partial charge in [-0.05, 0) is 53.1 Å². The van der Waals surface area contributed by atoms with Crippen molar-refractivity contribution in [1.82, 2.24) is 4.90 Å². The molecular weight excluding hydrogens is 554 g/mol. The number of amidine groups is 2. The van der Waals surface area contributed by atoms with Gasteiger partial charge in [-0.25, -0.2) is 9.98 Å². The van der Waals surface area contributed by atoms with E-state index in [1.165, 1.54) is 0 Å². The molecule has 8 aromatic rings. The Hall–Kier alpha value is -5.94. The van der Waals surface area contributed by atoms with Crippen molar-refractivity contribution in [2.45, 2.75) is 6.17 Å². The molecule has 6 aromatic carbocycles. The number of nitrogens with zero attached hydrogens (tertiary/aromatic N) is 3. The molecule has 0 saturated heterocycles. The van der Waals surface area contributed by atoms with E-state index in [4.69, 9.17) is 18.8 Å². The fourth-order valence-electron chi connectivity index (χ4n) is 6.54. The summed E-state index contributed by atoms with van der Waals surface area (Å²) < 4.78 is 12.5. The van der Waals surface area contributed by atoms with Crippen LogP contribution in [0.4, 0.5) is 0 Å². The van der Waals surface area contributed by atoms with Gasteiger partial charge in [-0.2, -0.15) is 0 Å². The van der Waals surface area contributed by atoms with E-state index >= 15 is 0 Å². The lowest BCUT2D eigenvalue weighted by Gasteiger charge is -2.32. The average Bonchev–Trinajstić information content (AvgIpc) is 3.67. The molecule has 0 fully saturated rings. The van der Waals surface area contributed by atoms with Crippen LogP contribution in [0.5, 0.6) is 0 Å². The van der Waals surface area contributed by atoms with Crippen molar-refractivity contribution < 1.29 is 8.83 Å². The fraction of sp³-hybridized carbons (Fsp3) is 0.0500. The van der Waals surface area contributed by atoms with Crippen molar-refractivity contribution in [3.05, 3.63) is 156 Å². The van der Waals surface area contributed by atoms with E-state index in [2.05, 4.69) is 96.9 Å². The smallest absolute Gasteiger partial charge is 0.160 e. The SMILES string of the molecule is CN1C(c2ccccc2)=NC(c2cccc3oc4ccc(-c5ccccc5)cc4c23)=NC1c1ccc2oc3ccccc3c2c1. The van der Waals surface area contributed by atoms with Crippen LogP contribution in [-0.4, -0.2) is 23.6 Å². The van der Waals surface area contributed by atoms with Gasteiger partial charge >= 0.3 is 0 Å². The average molecular weight is 582 g/mol. The predicted octanol–water partition coefficient (Wildman–Crippen LogP) is 9.99. The Morgan fingerprint density at radius 3 is 2.04 bits per heavy atom. The van der Waals surface area contributed by atoms with Gasteiger partial charge in [-0.1, -0.05) is 103 Å². The zero-order valence-corrected chi connectivity index (χ0v) is 24.5.